The number of nitrogens with zero attached hydrogens (tertiary/aromatic N) is 7. The Morgan fingerprint density at radius 2 is 1.71 bits per heavy atom. The summed E-state index contributed by atoms with van der Waals surface area (Å²) in [4.78, 5) is 43.9. The predicted molar refractivity (Wildman–Crippen MR) is 145 cm³/mol. The molecule has 1 aliphatic heterocycles. The molecule has 38 heavy (non-hydrogen) atoms. The quantitative estimate of drug-likeness (QED) is 0.440. The van der Waals surface area contributed by atoms with Crippen molar-refractivity contribution in [3.63, 3.8) is 0 Å². The summed E-state index contributed by atoms with van der Waals surface area (Å²) in [5, 5.41) is 6.66. The van der Waals surface area contributed by atoms with E-state index in [1.54, 1.807) is 33.2 Å². The maximum atomic E-state index is 12.6. The fraction of sp³-hybridized carbons (Fsp3) is 0.407. The number of hydrazine groups is 1. The Morgan fingerprint density at radius 1 is 1.05 bits per heavy atom. The smallest absolute Gasteiger partial charge is 0.425 e. The summed E-state index contributed by atoms with van der Waals surface area (Å²) in [5.41, 5.74) is 0.306. The van der Waals surface area contributed by atoms with Crippen LogP contribution in [0, 0.1) is 0 Å². The maximum absolute atomic E-state index is 12.6. The Hall–Kier alpha value is -4.12. The number of piperidine rings is 1. The molecule has 4 rings (SSSR count). The molecular formula is C27H34N8O3. The van der Waals surface area contributed by atoms with Gasteiger partial charge in [0.1, 0.15) is 23.5 Å². The van der Waals surface area contributed by atoms with Crippen LogP contribution in [0.4, 0.5) is 22.4 Å². The summed E-state index contributed by atoms with van der Waals surface area (Å²) in [6, 6.07) is 13.6. The van der Waals surface area contributed by atoms with Gasteiger partial charge < -0.3 is 19.7 Å². The second kappa shape index (κ2) is 12.0. The van der Waals surface area contributed by atoms with E-state index in [1.807, 2.05) is 59.4 Å². The third-order valence-electron chi connectivity index (χ3n) is 6.00. The molecule has 1 amide bonds. The molecule has 0 saturated carbocycles. The zero-order valence-electron chi connectivity index (χ0n) is 22.2. The number of carbonyl (C=O) groups is 2. The van der Waals surface area contributed by atoms with Crippen molar-refractivity contribution in [1.82, 2.24) is 30.0 Å². The standard InChI is InChI=1S/C27H34N8O3/c1-27(2,3)38-26(37)35(18-19-36)34-16-12-21(13-17-34)30-25-29-15-11-23(32-25)33(4)22-10-14-28-24(31-22)20-8-6-5-7-9-20/h5-11,14-15,19,21H,12-13,16-18H2,1-4H3,(H,29,30,32). The van der Waals surface area contributed by atoms with E-state index in [0.29, 0.717) is 42.8 Å². The highest BCUT2D eigenvalue weighted by Crippen LogP contribution is 2.24. The first-order valence-corrected chi connectivity index (χ1v) is 12.6. The third kappa shape index (κ3) is 7.00. The van der Waals surface area contributed by atoms with Gasteiger partial charge in [-0.1, -0.05) is 30.3 Å². The lowest BCUT2D eigenvalue weighted by Gasteiger charge is -2.39. The van der Waals surface area contributed by atoms with E-state index in [0.717, 1.165) is 18.4 Å². The van der Waals surface area contributed by atoms with Gasteiger partial charge in [-0.25, -0.2) is 29.8 Å². The highest BCUT2D eigenvalue weighted by molar-refractivity contribution is 5.71. The lowest BCUT2D eigenvalue weighted by atomic mass is 10.1. The number of aldehydes is 1. The average Bonchev–Trinajstić information content (AvgIpc) is 2.91. The summed E-state index contributed by atoms with van der Waals surface area (Å²) in [5.74, 6) is 2.57. The molecule has 1 fully saturated rings. The van der Waals surface area contributed by atoms with Crippen molar-refractivity contribution in [3.05, 3.63) is 54.9 Å². The molecule has 1 aromatic carbocycles. The Morgan fingerprint density at radius 3 is 2.37 bits per heavy atom. The summed E-state index contributed by atoms with van der Waals surface area (Å²) < 4.78 is 5.47. The van der Waals surface area contributed by atoms with Gasteiger partial charge in [0, 0.05) is 44.1 Å². The van der Waals surface area contributed by atoms with Crippen LogP contribution in [0.1, 0.15) is 33.6 Å². The van der Waals surface area contributed by atoms with E-state index in [2.05, 4.69) is 15.3 Å². The monoisotopic (exact) mass is 518 g/mol. The van der Waals surface area contributed by atoms with E-state index in [9.17, 15) is 9.59 Å². The van der Waals surface area contributed by atoms with E-state index in [-0.39, 0.29) is 12.6 Å². The Balaban J connectivity index is 1.38. The first-order chi connectivity index (χ1) is 18.2. The van der Waals surface area contributed by atoms with Crippen molar-refractivity contribution in [3.8, 4) is 11.4 Å². The second-order valence-corrected chi connectivity index (χ2v) is 10.0. The second-order valence-electron chi connectivity index (χ2n) is 10.0. The topological polar surface area (TPSA) is 117 Å². The number of carbonyl (C=O) groups excluding carboxylic acids is 2. The number of benzene rings is 1. The lowest BCUT2D eigenvalue weighted by molar-refractivity contribution is -0.115. The summed E-state index contributed by atoms with van der Waals surface area (Å²) in [6.45, 7) is 6.55. The minimum Gasteiger partial charge on any atom is -0.443 e. The van der Waals surface area contributed by atoms with Gasteiger partial charge in [-0.15, -0.1) is 0 Å². The number of ether oxygens (including phenoxy) is 1. The summed E-state index contributed by atoms with van der Waals surface area (Å²) >= 11 is 0. The molecule has 11 nitrogen and oxygen atoms in total. The van der Waals surface area contributed by atoms with Crippen LogP contribution < -0.4 is 10.2 Å². The highest BCUT2D eigenvalue weighted by atomic mass is 16.6. The summed E-state index contributed by atoms with van der Waals surface area (Å²) in [6.07, 6.45) is 5.13. The molecular weight excluding hydrogens is 484 g/mol. The minimum absolute atomic E-state index is 0.0421. The molecule has 3 heterocycles. The minimum atomic E-state index is -0.636. The number of nitrogens with one attached hydrogen (secondary N) is 1. The predicted octanol–water partition coefficient (Wildman–Crippen LogP) is 3.93. The number of aromatic nitrogens is 4. The molecule has 0 unspecified atom stereocenters. The molecule has 200 valence electrons. The van der Waals surface area contributed by atoms with Gasteiger partial charge in [0.05, 0.1) is 6.54 Å². The van der Waals surface area contributed by atoms with E-state index < -0.39 is 11.7 Å². The van der Waals surface area contributed by atoms with Crippen LogP contribution in [0.3, 0.4) is 0 Å². The molecule has 0 atom stereocenters. The van der Waals surface area contributed by atoms with Crippen LogP contribution in [0.25, 0.3) is 11.4 Å². The molecule has 2 aromatic heterocycles. The van der Waals surface area contributed by atoms with E-state index in [4.69, 9.17) is 14.7 Å². The van der Waals surface area contributed by atoms with Crippen LogP contribution in [0.5, 0.6) is 0 Å². The summed E-state index contributed by atoms with van der Waals surface area (Å²) in [7, 11) is 1.90. The number of rotatable bonds is 8. The molecule has 3 aromatic rings. The SMILES string of the molecule is CN(c1ccnc(NC2CCN(N(CC=O)C(=O)OC(C)(C)C)CC2)n1)c1ccnc(-c2ccccc2)n1. The average molecular weight is 519 g/mol. The molecule has 0 bridgehead atoms. The number of anilines is 3. The van der Waals surface area contributed by atoms with Crippen molar-refractivity contribution < 1.29 is 14.3 Å². The molecule has 11 heteroatoms. The third-order valence-corrected chi connectivity index (χ3v) is 6.00. The van der Waals surface area contributed by atoms with Crippen LogP contribution >= 0.6 is 0 Å². The van der Waals surface area contributed by atoms with E-state index in [1.165, 1.54) is 5.01 Å². The highest BCUT2D eigenvalue weighted by Gasteiger charge is 2.30. The van der Waals surface area contributed by atoms with Crippen molar-refractivity contribution in [2.24, 2.45) is 0 Å². The van der Waals surface area contributed by atoms with Crippen LogP contribution in [0.2, 0.25) is 0 Å². The zero-order valence-corrected chi connectivity index (χ0v) is 22.2. The van der Waals surface area contributed by atoms with Gasteiger partial charge in [0.2, 0.25) is 5.95 Å². The Labute approximate surface area is 222 Å². The first kappa shape index (κ1) is 26.9. The first-order valence-electron chi connectivity index (χ1n) is 12.6. The van der Waals surface area contributed by atoms with Crippen LogP contribution in [0.15, 0.2) is 54.9 Å². The molecule has 0 radical (unpaired) electrons. The van der Waals surface area contributed by atoms with Crippen molar-refractivity contribution in [2.45, 2.75) is 45.3 Å². The number of hydrogen-bond donors (Lipinski definition) is 1. The Kier molecular flexibility index (Phi) is 8.47. The zero-order chi connectivity index (χ0) is 27.1. The molecule has 1 aliphatic rings. The van der Waals surface area contributed by atoms with Crippen molar-refractivity contribution in [1.29, 1.82) is 0 Å². The van der Waals surface area contributed by atoms with Gasteiger partial charge >= 0.3 is 6.09 Å². The van der Waals surface area contributed by atoms with E-state index >= 15 is 0 Å². The fourth-order valence-electron chi connectivity index (χ4n) is 4.11. The largest absolute Gasteiger partial charge is 0.443 e. The number of hydrogen-bond acceptors (Lipinski definition) is 10. The lowest BCUT2D eigenvalue weighted by Crippen LogP contribution is -2.53. The molecule has 0 aliphatic carbocycles. The van der Waals surface area contributed by atoms with Crippen molar-refractivity contribution >= 4 is 30.0 Å². The van der Waals surface area contributed by atoms with Gasteiger partial charge in [0.15, 0.2) is 5.82 Å². The van der Waals surface area contributed by atoms with Gasteiger partial charge in [-0.2, -0.15) is 4.98 Å². The molecule has 1 saturated heterocycles. The fourth-order valence-corrected chi connectivity index (χ4v) is 4.11. The van der Waals surface area contributed by atoms with Crippen LogP contribution in [-0.2, 0) is 9.53 Å². The van der Waals surface area contributed by atoms with Gasteiger partial charge in [-0.3, -0.25) is 0 Å². The molecule has 0 spiro atoms. The maximum Gasteiger partial charge on any atom is 0.425 e. The van der Waals surface area contributed by atoms with Gasteiger partial charge in [-0.05, 0) is 45.7 Å². The van der Waals surface area contributed by atoms with Gasteiger partial charge in [0.25, 0.3) is 0 Å². The molecule has 1 N–H and O–H groups in total. The number of amides is 1. The van der Waals surface area contributed by atoms with Crippen LogP contribution in [-0.4, -0.2) is 80.7 Å². The Bertz CT molecular complexity index is 1230. The normalized spacial score (nSPS) is 14.5. The van der Waals surface area contributed by atoms with Crippen molar-refractivity contribution in [2.75, 3.05) is 36.9 Å².